The van der Waals surface area contributed by atoms with Crippen LogP contribution >= 0.6 is 11.6 Å². The van der Waals surface area contributed by atoms with E-state index < -0.39 is 23.8 Å². The third-order valence-electron chi connectivity index (χ3n) is 5.16. The number of halogens is 3. The number of hydrogen-bond donors (Lipinski definition) is 1. The van der Waals surface area contributed by atoms with Crippen molar-refractivity contribution in [1.82, 2.24) is 9.88 Å². The molecule has 0 bridgehead atoms. The number of ether oxygens (including phenoxy) is 1. The zero-order chi connectivity index (χ0) is 19.8. The van der Waals surface area contributed by atoms with Crippen molar-refractivity contribution in [3.63, 3.8) is 0 Å². The van der Waals surface area contributed by atoms with Gasteiger partial charge in [0.05, 0.1) is 12.6 Å². The maximum absolute atomic E-state index is 14.3. The van der Waals surface area contributed by atoms with E-state index in [0.29, 0.717) is 18.0 Å². The summed E-state index contributed by atoms with van der Waals surface area (Å²) in [4.78, 5) is 17.5. The van der Waals surface area contributed by atoms with Crippen LogP contribution in [0, 0.1) is 11.6 Å². The molecule has 0 saturated carbocycles. The molecule has 28 heavy (non-hydrogen) atoms. The molecule has 3 aromatic rings. The van der Waals surface area contributed by atoms with Crippen molar-refractivity contribution in [2.45, 2.75) is 25.8 Å². The van der Waals surface area contributed by atoms with Gasteiger partial charge >= 0.3 is 6.09 Å². The van der Waals surface area contributed by atoms with Crippen LogP contribution in [0.3, 0.4) is 0 Å². The predicted octanol–water partition coefficient (Wildman–Crippen LogP) is 5.40. The topological polar surface area (TPSA) is 45.3 Å². The lowest BCUT2D eigenvalue weighted by Gasteiger charge is -2.35. The van der Waals surface area contributed by atoms with E-state index in [-0.39, 0.29) is 18.6 Å². The number of fused-ring (bicyclic) bond motifs is 3. The second-order valence-electron chi connectivity index (χ2n) is 6.78. The van der Waals surface area contributed by atoms with E-state index >= 15 is 0 Å². The van der Waals surface area contributed by atoms with Crippen molar-refractivity contribution < 1.29 is 18.3 Å². The van der Waals surface area contributed by atoms with Gasteiger partial charge in [-0.1, -0.05) is 23.7 Å². The van der Waals surface area contributed by atoms with Gasteiger partial charge in [0.1, 0.15) is 0 Å². The summed E-state index contributed by atoms with van der Waals surface area (Å²) in [5.74, 6) is -1.79. The fraction of sp³-hybridized carbons (Fsp3) is 0.286. The Morgan fingerprint density at radius 3 is 2.93 bits per heavy atom. The first-order valence-electron chi connectivity index (χ1n) is 9.16. The fourth-order valence-corrected chi connectivity index (χ4v) is 4.06. The van der Waals surface area contributed by atoms with Crippen LogP contribution in [0.4, 0.5) is 13.6 Å². The molecule has 1 aliphatic rings. The summed E-state index contributed by atoms with van der Waals surface area (Å²) in [6.45, 7) is 2.40. The van der Waals surface area contributed by atoms with Gasteiger partial charge in [-0.15, -0.1) is 0 Å². The number of hydrogen-bond acceptors (Lipinski definition) is 2. The van der Waals surface area contributed by atoms with Crippen LogP contribution in [-0.2, 0) is 17.6 Å². The first kappa shape index (κ1) is 18.7. The summed E-state index contributed by atoms with van der Waals surface area (Å²) in [5, 5.41) is 1.60. The first-order chi connectivity index (χ1) is 13.5. The first-order valence-corrected chi connectivity index (χ1v) is 9.53. The molecule has 0 radical (unpaired) electrons. The lowest BCUT2D eigenvalue weighted by molar-refractivity contribution is 0.0855. The van der Waals surface area contributed by atoms with Crippen molar-refractivity contribution in [3.05, 3.63) is 69.9 Å². The van der Waals surface area contributed by atoms with Gasteiger partial charge in [0, 0.05) is 34.6 Å². The van der Waals surface area contributed by atoms with E-state index in [0.717, 1.165) is 28.2 Å². The Kier molecular flexibility index (Phi) is 4.98. The number of nitrogens with zero attached hydrogens (tertiary/aromatic N) is 1. The van der Waals surface area contributed by atoms with Crippen molar-refractivity contribution in [2.24, 2.45) is 0 Å². The van der Waals surface area contributed by atoms with Crippen LogP contribution in [0.2, 0.25) is 5.02 Å². The Balaban J connectivity index is 1.81. The molecule has 4 nitrogen and oxygen atoms in total. The van der Waals surface area contributed by atoms with E-state index in [4.69, 9.17) is 16.3 Å². The third-order valence-corrected chi connectivity index (χ3v) is 5.40. The molecule has 0 spiro atoms. The van der Waals surface area contributed by atoms with Crippen LogP contribution in [0.5, 0.6) is 0 Å². The average molecular weight is 405 g/mol. The van der Waals surface area contributed by atoms with Crippen LogP contribution in [0.25, 0.3) is 10.9 Å². The van der Waals surface area contributed by atoms with Gasteiger partial charge in [-0.05, 0) is 48.7 Å². The Morgan fingerprint density at radius 2 is 2.14 bits per heavy atom. The SMILES string of the molecule is CCOC(=O)N1CCc2c([nH]c3ccc(Cl)cc23)C1Cc1cccc(F)c1F. The largest absolute Gasteiger partial charge is 0.450 e. The van der Waals surface area contributed by atoms with Crippen LogP contribution in [-0.4, -0.2) is 29.1 Å². The number of rotatable bonds is 3. The summed E-state index contributed by atoms with van der Waals surface area (Å²) >= 11 is 6.15. The van der Waals surface area contributed by atoms with Crippen molar-refractivity contribution in [1.29, 1.82) is 0 Å². The minimum Gasteiger partial charge on any atom is -0.450 e. The molecule has 0 fully saturated rings. The molecule has 0 saturated heterocycles. The van der Waals surface area contributed by atoms with Crippen LogP contribution in [0.15, 0.2) is 36.4 Å². The molecule has 4 rings (SSSR count). The molecule has 1 aromatic heterocycles. The average Bonchev–Trinajstić information content (AvgIpc) is 3.04. The van der Waals surface area contributed by atoms with E-state index in [1.165, 1.54) is 12.1 Å². The number of carbonyl (C=O) groups excluding carboxylic acids is 1. The lowest BCUT2D eigenvalue weighted by atomic mass is 9.93. The number of H-pyrrole nitrogens is 1. The van der Waals surface area contributed by atoms with Crippen molar-refractivity contribution in [2.75, 3.05) is 13.2 Å². The number of aromatic nitrogens is 1. The third kappa shape index (κ3) is 3.22. The summed E-state index contributed by atoms with van der Waals surface area (Å²) < 4.78 is 33.2. The fourth-order valence-electron chi connectivity index (χ4n) is 3.89. The minimum atomic E-state index is -0.903. The number of benzene rings is 2. The smallest absolute Gasteiger partial charge is 0.410 e. The molecular formula is C21H19ClF2N2O2. The molecule has 146 valence electrons. The minimum absolute atomic E-state index is 0.135. The highest BCUT2D eigenvalue weighted by Gasteiger charge is 2.35. The van der Waals surface area contributed by atoms with Gasteiger partial charge in [0.25, 0.3) is 0 Å². The second kappa shape index (κ2) is 7.43. The second-order valence-corrected chi connectivity index (χ2v) is 7.22. The molecule has 1 unspecified atom stereocenters. The number of nitrogens with one attached hydrogen (secondary N) is 1. The quantitative estimate of drug-likeness (QED) is 0.635. The number of carbonyl (C=O) groups is 1. The van der Waals surface area contributed by atoms with E-state index in [2.05, 4.69) is 4.98 Å². The summed E-state index contributed by atoms with van der Waals surface area (Å²) in [5.41, 5.74) is 2.95. The standard InChI is InChI=1S/C21H19ClF2N2O2/c1-2-28-21(27)26-9-8-14-15-11-13(22)6-7-17(15)25-20(14)18(26)10-12-4-3-5-16(23)19(12)24/h3-7,11,18,25H,2,8-10H2,1H3. The molecular weight excluding hydrogens is 386 g/mol. The molecule has 2 heterocycles. The monoisotopic (exact) mass is 404 g/mol. The highest BCUT2D eigenvalue weighted by molar-refractivity contribution is 6.31. The van der Waals surface area contributed by atoms with Gasteiger partial charge in [-0.3, -0.25) is 4.90 Å². The highest BCUT2D eigenvalue weighted by Crippen LogP contribution is 2.38. The summed E-state index contributed by atoms with van der Waals surface area (Å²) in [6.07, 6.45) is 0.290. The molecule has 1 amide bonds. The molecule has 1 atom stereocenters. The molecule has 2 aromatic carbocycles. The van der Waals surface area contributed by atoms with Gasteiger partial charge in [-0.25, -0.2) is 13.6 Å². The number of amides is 1. The lowest BCUT2D eigenvalue weighted by Crippen LogP contribution is -2.41. The summed E-state index contributed by atoms with van der Waals surface area (Å²) in [6, 6.07) is 9.14. The maximum Gasteiger partial charge on any atom is 0.410 e. The van der Waals surface area contributed by atoms with Gasteiger partial charge in [0.15, 0.2) is 11.6 Å². The Bertz CT molecular complexity index is 1050. The Morgan fingerprint density at radius 1 is 1.32 bits per heavy atom. The van der Waals surface area contributed by atoms with Crippen LogP contribution < -0.4 is 0 Å². The van der Waals surface area contributed by atoms with E-state index in [1.54, 1.807) is 17.9 Å². The van der Waals surface area contributed by atoms with E-state index in [1.807, 2.05) is 12.1 Å². The molecule has 7 heteroatoms. The normalized spacial score (nSPS) is 16.3. The molecule has 1 aliphatic heterocycles. The Labute approximate surface area is 166 Å². The Hall–Kier alpha value is -2.60. The van der Waals surface area contributed by atoms with Crippen LogP contribution in [0.1, 0.15) is 29.8 Å². The van der Waals surface area contributed by atoms with Gasteiger partial charge in [-0.2, -0.15) is 0 Å². The summed E-state index contributed by atoms with van der Waals surface area (Å²) in [7, 11) is 0. The molecule has 0 aliphatic carbocycles. The van der Waals surface area contributed by atoms with Crippen molar-refractivity contribution >= 4 is 28.6 Å². The highest BCUT2D eigenvalue weighted by atomic mass is 35.5. The van der Waals surface area contributed by atoms with E-state index in [9.17, 15) is 13.6 Å². The zero-order valence-electron chi connectivity index (χ0n) is 15.3. The zero-order valence-corrected chi connectivity index (χ0v) is 16.0. The maximum atomic E-state index is 14.3. The van der Waals surface area contributed by atoms with Gasteiger partial charge < -0.3 is 9.72 Å². The van der Waals surface area contributed by atoms with Crippen molar-refractivity contribution in [3.8, 4) is 0 Å². The molecule has 1 N–H and O–H groups in total. The van der Waals surface area contributed by atoms with Gasteiger partial charge in [0.2, 0.25) is 0 Å². The number of aromatic amines is 1. The predicted molar refractivity (Wildman–Crippen MR) is 104 cm³/mol.